The molecule has 1 N–H and O–H groups in total. The van der Waals surface area contributed by atoms with Crippen molar-refractivity contribution in [1.82, 2.24) is 0 Å². The molecule has 0 unspecified atom stereocenters. The Morgan fingerprint density at radius 1 is 1.19 bits per heavy atom. The van der Waals surface area contributed by atoms with Crippen LogP contribution in [0.2, 0.25) is 5.02 Å². The van der Waals surface area contributed by atoms with Gasteiger partial charge in [-0.2, -0.15) is 0 Å². The van der Waals surface area contributed by atoms with E-state index in [0.29, 0.717) is 6.04 Å². The molecular formula is C13H15BrClN. The monoisotopic (exact) mass is 299 g/mol. The van der Waals surface area contributed by atoms with Gasteiger partial charge in [-0.25, -0.2) is 0 Å². The second kappa shape index (κ2) is 4.23. The lowest BCUT2D eigenvalue weighted by Crippen LogP contribution is -2.24. The Balaban J connectivity index is 1.78. The van der Waals surface area contributed by atoms with Gasteiger partial charge in [-0.3, -0.25) is 0 Å². The summed E-state index contributed by atoms with van der Waals surface area (Å²) < 4.78 is 1.00. The molecule has 2 fully saturated rings. The maximum atomic E-state index is 6.10. The number of rotatable bonds is 4. The highest BCUT2D eigenvalue weighted by Crippen LogP contribution is 2.46. The van der Waals surface area contributed by atoms with E-state index in [4.69, 9.17) is 11.6 Å². The lowest BCUT2D eigenvalue weighted by Gasteiger charge is -2.20. The number of hydrogen-bond acceptors (Lipinski definition) is 1. The maximum Gasteiger partial charge on any atom is 0.0593 e. The lowest BCUT2D eigenvalue weighted by molar-refractivity contribution is 0.567. The van der Waals surface area contributed by atoms with E-state index in [2.05, 4.69) is 27.3 Å². The van der Waals surface area contributed by atoms with Crippen LogP contribution in [0.1, 0.15) is 25.7 Å². The number of anilines is 1. The minimum Gasteiger partial charge on any atom is -0.381 e. The largest absolute Gasteiger partial charge is 0.381 e. The van der Waals surface area contributed by atoms with Crippen molar-refractivity contribution in [2.75, 3.05) is 5.32 Å². The van der Waals surface area contributed by atoms with Crippen molar-refractivity contribution < 1.29 is 0 Å². The van der Waals surface area contributed by atoms with Gasteiger partial charge in [-0.05, 0) is 65.6 Å². The van der Waals surface area contributed by atoms with Gasteiger partial charge in [0.15, 0.2) is 0 Å². The predicted octanol–water partition coefficient (Wildman–Crippen LogP) is 4.70. The van der Waals surface area contributed by atoms with Crippen LogP contribution in [0.4, 0.5) is 5.69 Å². The van der Waals surface area contributed by atoms with E-state index in [1.54, 1.807) is 0 Å². The summed E-state index contributed by atoms with van der Waals surface area (Å²) in [7, 11) is 0. The summed E-state index contributed by atoms with van der Waals surface area (Å²) in [4.78, 5) is 0. The topological polar surface area (TPSA) is 12.0 Å². The smallest absolute Gasteiger partial charge is 0.0593 e. The third kappa shape index (κ3) is 2.23. The van der Waals surface area contributed by atoms with E-state index in [-0.39, 0.29) is 0 Å². The molecule has 1 nitrogen and oxygen atoms in total. The molecule has 0 atom stereocenters. The van der Waals surface area contributed by atoms with Crippen LogP contribution in [-0.2, 0) is 0 Å². The lowest BCUT2D eigenvalue weighted by atomic mass is 10.1. The van der Waals surface area contributed by atoms with Crippen molar-refractivity contribution in [3.8, 4) is 0 Å². The van der Waals surface area contributed by atoms with Gasteiger partial charge in [0.05, 0.1) is 15.2 Å². The fourth-order valence-corrected chi connectivity index (χ4v) is 2.88. The maximum absolute atomic E-state index is 6.10. The quantitative estimate of drug-likeness (QED) is 0.849. The Bertz CT molecular complexity index is 387. The highest BCUT2D eigenvalue weighted by atomic mass is 79.9. The van der Waals surface area contributed by atoms with E-state index < -0.39 is 0 Å². The molecule has 0 heterocycles. The highest BCUT2D eigenvalue weighted by Gasteiger charge is 2.41. The van der Waals surface area contributed by atoms with Crippen molar-refractivity contribution in [3.63, 3.8) is 0 Å². The first-order valence-electron chi connectivity index (χ1n) is 5.96. The van der Waals surface area contributed by atoms with Gasteiger partial charge in [0.25, 0.3) is 0 Å². The van der Waals surface area contributed by atoms with Crippen LogP contribution in [0.5, 0.6) is 0 Å². The number of benzene rings is 1. The Kier molecular flexibility index (Phi) is 2.88. The van der Waals surface area contributed by atoms with E-state index in [1.165, 1.54) is 25.7 Å². The Hall–Kier alpha value is -0.210. The molecule has 0 spiro atoms. The van der Waals surface area contributed by atoms with Crippen LogP contribution in [0.3, 0.4) is 0 Å². The van der Waals surface area contributed by atoms with Crippen LogP contribution < -0.4 is 5.32 Å². The van der Waals surface area contributed by atoms with E-state index in [9.17, 15) is 0 Å². The normalized spacial score (nSPS) is 20.2. The molecular weight excluding hydrogens is 286 g/mol. The summed E-state index contributed by atoms with van der Waals surface area (Å²) in [6, 6.07) is 6.70. The number of halogens is 2. The Morgan fingerprint density at radius 3 is 2.38 bits per heavy atom. The standard InChI is InChI=1S/C13H15BrClN/c14-12-10(15)2-1-3-11(12)16-13(8-4-5-8)9-6-7-9/h1-3,8-9,13,16H,4-7H2. The molecule has 1 aromatic carbocycles. The molecule has 86 valence electrons. The van der Waals surface area contributed by atoms with E-state index >= 15 is 0 Å². The van der Waals surface area contributed by atoms with E-state index in [0.717, 1.165) is 27.0 Å². The van der Waals surface area contributed by atoms with Gasteiger partial charge in [0.1, 0.15) is 0 Å². The molecule has 2 saturated carbocycles. The third-order valence-corrected chi connectivity index (χ3v) is 4.93. The van der Waals surface area contributed by atoms with Crippen LogP contribution in [0, 0.1) is 11.8 Å². The molecule has 3 heteroatoms. The summed E-state index contributed by atoms with van der Waals surface area (Å²) in [5, 5.41) is 4.47. The second-order valence-electron chi connectivity index (χ2n) is 4.95. The number of nitrogens with one attached hydrogen (secondary N) is 1. The Labute approximate surface area is 110 Å². The van der Waals surface area contributed by atoms with E-state index in [1.807, 2.05) is 12.1 Å². The van der Waals surface area contributed by atoms with Crippen molar-refractivity contribution in [1.29, 1.82) is 0 Å². The molecule has 0 aliphatic heterocycles. The predicted molar refractivity (Wildman–Crippen MR) is 72.0 cm³/mol. The third-order valence-electron chi connectivity index (χ3n) is 3.53. The second-order valence-corrected chi connectivity index (χ2v) is 6.15. The van der Waals surface area contributed by atoms with Crippen molar-refractivity contribution in [2.24, 2.45) is 11.8 Å². The molecule has 0 aromatic heterocycles. The summed E-state index contributed by atoms with van der Waals surface area (Å²) >= 11 is 9.65. The van der Waals surface area contributed by atoms with Crippen molar-refractivity contribution >= 4 is 33.2 Å². The van der Waals surface area contributed by atoms with Crippen LogP contribution >= 0.6 is 27.5 Å². The molecule has 0 bridgehead atoms. The average molecular weight is 301 g/mol. The minimum atomic E-state index is 0.676. The molecule has 2 aliphatic carbocycles. The summed E-state index contributed by atoms with van der Waals surface area (Å²) in [6.07, 6.45) is 5.58. The fraction of sp³-hybridized carbons (Fsp3) is 0.538. The van der Waals surface area contributed by atoms with Crippen LogP contribution in [0.25, 0.3) is 0 Å². The molecule has 0 saturated heterocycles. The van der Waals surface area contributed by atoms with Crippen molar-refractivity contribution in [3.05, 3.63) is 27.7 Å². The van der Waals surface area contributed by atoms with Crippen LogP contribution in [-0.4, -0.2) is 6.04 Å². The minimum absolute atomic E-state index is 0.676. The van der Waals surface area contributed by atoms with Crippen LogP contribution in [0.15, 0.2) is 22.7 Å². The molecule has 16 heavy (non-hydrogen) atoms. The van der Waals surface area contributed by atoms with Gasteiger partial charge >= 0.3 is 0 Å². The van der Waals surface area contributed by atoms with Gasteiger partial charge < -0.3 is 5.32 Å². The SMILES string of the molecule is Clc1cccc(NC(C2CC2)C2CC2)c1Br. The molecule has 0 radical (unpaired) electrons. The van der Waals surface area contributed by atoms with Gasteiger partial charge in [0, 0.05) is 6.04 Å². The number of hydrogen-bond donors (Lipinski definition) is 1. The molecule has 0 amide bonds. The highest BCUT2D eigenvalue weighted by molar-refractivity contribution is 9.10. The summed E-state index contributed by atoms with van der Waals surface area (Å²) in [5.41, 5.74) is 1.15. The molecule has 1 aromatic rings. The first-order valence-corrected chi connectivity index (χ1v) is 7.13. The molecule has 3 rings (SSSR count). The Morgan fingerprint density at radius 2 is 1.81 bits per heavy atom. The molecule has 2 aliphatic rings. The fourth-order valence-electron chi connectivity index (χ4n) is 2.33. The zero-order chi connectivity index (χ0) is 11.1. The first-order chi connectivity index (χ1) is 7.75. The summed E-state index contributed by atoms with van der Waals surface area (Å²) in [5.74, 6) is 1.80. The zero-order valence-corrected chi connectivity index (χ0v) is 11.4. The van der Waals surface area contributed by atoms with Crippen molar-refractivity contribution in [2.45, 2.75) is 31.7 Å². The van der Waals surface area contributed by atoms with Gasteiger partial charge in [-0.1, -0.05) is 17.7 Å². The average Bonchev–Trinajstić information content (AvgIpc) is 3.15. The summed E-state index contributed by atoms with van der Waals surface area (Å²) in [6.45, 7) is 0. The zero-order valence-electron chi connectivity index (χ0n) is 9.05. The van der Waals surface area contributed by atoms with Gasteiger partial charge in [0.2, 0.25) is 0 Å². The van der Waals surface area contributed by atoms with Gasteiger partial charge in [-0.15, -0.1) is 0 Å². The first kappa shape index (κ1) is 10.9.